The van der Waals surface area contributed by atoms with Gasteiger partial charge in [0.05, 0.1) is 6.04 Å². The molecule has 5 heteroatoms. The predicted molar refractivity (Wildman–Crippen MR) is 74.9 cm³/mol. The van der Waals surface area contributed by atoms with E-state index in [2.05, 4.69) is 16.8 Å². The van der Waals surface area contributed by atoms with Gasteiger partial charge in [0.25, 0.3) is 0 Å². The maximum Gasteiger partial charge on any atom is 0.241 e. The molecule has 1 N–H and O–H groups in total. The Morgan fingerprint density at radius 2 is 2.47 bits per heavy atom. The molecule has 4 nitrogen and oxygen atoms in total. The minimum Gasteiger partial charge on any atom is -0.381 e. The quantitative estimate of drug-likeness (QED) is 0.917. The van der Waals surface area contributed by atoms with Crippen LogP contribution in [0, 0.1) is 5.92 Å². The SMILES string of the molecule is CC1NC(c2cccs2)N(CCC2CCOC2)C1=O. The van der Waals surface area contributed by atoms with E-state index in [1.165, 1.54) is 4.88 Å². The monoisotopic (exact) mass is 280 g/mol. The number of thiophene rings is 1. The minimum atomic E-state index is -0.0769. The number of hydrogen-bond donors (Lipinski definition) is 1. The van der Waals surface area contributed by atoms with Gasteiger partial charge in [-0.1, -0.05) is 6.07 Å². The number of amides is 1. The van der Waals surface area contributed by atoms with E-state index in [9.17, 15) is 4.79 Å². The van der Waals surface area contributed by atoms with Gasteiger partial charge in [0.2, 0.25) is 5.91 Å². The van der Waals surface area contributed by atoms with Crippen LogP contribution in [-0.4, -0.2) is 36.6 Å². The highest BCUT2D eigenvalue weighted by Gasteiger charge is 2.37. The molecule has 2 aliphatic heterocycles. The summed E-state index contributed by atoms with van der Waals surface area (Å²) in [7, 11) is 0. The van der Waals surface area contributed by atoms with Gasteiger partial charge in [-0.2, -0.15) is 0 Å². The lowest BCUT2D eigenvalue weighted by Crippen LogP contribution is -2.32. The second-order valence-corrected chi connectivity index (χ2v) is 6.34. The van der Waals surface area contributed by atoms with Crippen LogP contribution in [0.1, 0.15) is 30.8 Å². The zero-order valence-electron chi connectivity index (χ0n) is 11.2. The molecule has 2 saturated heterocycles. The highest BCUT2D eigenvalue weighted by atomic mass is 32.1. The third-order valence-electron chi connectivity index (χ3n) is 3.99. The summed E-state index contributed by atoms with van der Waals surface area (Å²) in [6, 6.07) is 4.06. The zero-order chi connectivity index (χ0) is 13.2. The average molecular weight is 280 g/mol. The van der Waals surface area contributed by atoms with E-state index in [1.54, 1.807) is 11.3 Å². The van der Waals surface area contributed by atoms with E-state index in [4.69, 9.17) is 4.74 Å². The molecule has 2 aliphatic rings. The molecule has 3 heterocycles. The van der Waals surface area contributed by atoms with Crippen LogP contribution in [0.2, 0.25) is 0 Å². The van der Waals surface area contributed by atoms with Crippen molar-refractivity contribution < 1.29 is 9.53 Å². The van der Waals surface area contributed by atoms with Crippen molar-refractivity contribution in [2.75, 3.05) is 19.8 Å². The molecule has 0 aromatic carbocycles. The number of rotatable bonds is 4. The Kier molecular flexibility index (Phi) is 3.86. The number of nitrogens with one attached hydrogen (secondary N) is 1. The molecule has 0 spiro atoms. The first-order chi connectivity index (χ1) is 9.25. The summed E-state index contributed by atoms with van der Waals surface area (Å²) < 4.78 is 5.40. The molecule has 104 valence electrons. The van der Waals surface area contributed by atoms with E-state index >= 15 is 0 Å². The Labute approximate surface area is 117 Å². The fourth-order valence-electron chi connectivity index (χ4n) is 2.83. The van der Waals surface area contributed by atoms with E-state index in [0.717, 1.165) is 32.6 Å². The second kappa shape index (κ2) is 5.61. The van der Waals surface area contributed by atoms with Gasteiger partial charge in [-0.15, -0.1) is 11.3 Å². The summed E-state index contributed by atoms with van der Waals surface area (Å²) in [5, 5.41) is 5.45. The molecule has 1 amide bonds. The van der Waals surface area contributed by atoms with Crippen molar-refractivity contribution in [3.8, 4) is 0 Å². The van der Waals surface area contributed by atoms with Crippen molar-refractivity contribution in [2.24, 2.45) is 5.92 Å². The lowest BCUT2D eigenvalue weighted by atomic mass is 10.0. The number of nitrogens with zero attached hydrogens (tertiary/aromatic N) is 1. The van der Waals surface area contributed by atoms with Crippen molar-refractivity contribution in [3.05, 3.63) is 22.4 Å². The minimum absolute atomic E-state index is 0.0600. The largest absolute Gasteiger partial charge is 0.381 e. The van der Waals surface area contributed by atoms with Crippen LogP contribution in [0.15, 0.2) is 17.5 Å². The van der Waals surface area contributed by atoms with Gasteiger partial charge in [0.15, 0.2) is 0 Å². The molecular weight excluding hydrogens is 260 g/mol. The molecule has 3 atom stereocenters. The van der Waals surface area contributed by atoms with E-state index in [1.807, 2.05) is 17.9 Å². The molecule has 0 aliphatic carbocycles. The van der Waals surface area contributed by atoms with Crippen molar-refractivity contribution in [3.63, 3.8) is 0 Å². The fourth-order valence-corrected chi connectivity index (χ4v) is 3.62. The summed E-state index contributed by atoms with van der Waals surface area (Å²) in [5.41, 5.74) is 0. The van der Waals surface area contributed by atoms with Crippen LogP contribution >= 0.6 is 11.3 Å². The number of ether oxygens (including phenoxy) is 1. The molecule has 3 rings (SSSR count). The van der Waals surface area contributed by atoms with Gasteiger partial charge in [0.1, 0.15) is 6.17 Å². The van der Waals surface area contributed by atoms with Crippen LogP contribution in [0.25, 0.3) is 0 Å². The molecule has 2 fully saturated rings. The van der Waals surface area contributed by atoms with Gasteiger partial charge >= 0.3 is 0 Å². The first-order valence-corrected chi connectivity index (χ1v) is 7.81. The molecule has 3 unspecified atom stereocenters. The third kappa shape index (κ3) is 2.68. The highest BCUT2D eigenvalue weighted by Crippen LogP contribution is 2.29. The van der Waals surface area contributed by atoms with Crippen LogP contribution < -0.4 is 5.32 Å². The normalized spacial score (nSPS) is 31.3. The van der Waals surface area contributed by atoms with Crippen molar-refractivity contribution >= 4 is 17.2 Å². The summed E-state index contributed by atoms with van der Waals surface area (Å²) >= 11 is 1.71. The van der Waals surface area contributed by atoms with Crippen LogP contribution in [0.5, 0.6) is 0 Å². The van der Waals surface area contributed by atoms with Crippen molar-refractivity contribution in [1.82, 2.24) is 10.2 Å². The average Bonchev–Trinajstić information content (AvgIpc) is 3.12. The Hall–Kier alpha value is -0.910. The molecule has 19 heavy (non-hydrogen) atoms. The summed E-state index contributed by atoms with van der Waals surface area (Å²) in [6.45, 7) is 4.50. The van der Waals surface area contributed by atoms with Gasteiger partial charge in [-0.3, -0.25) is 10.1 Å². The summed E-state index contributed by atoms with van der Waals surface area (Å²) in [4.78, 5) is 15.5. The van der Waals surface area contributed by atoms with Crippen molar-refractivity contribution in [1.29, 1.82) is 0 Å². The van der Waals surface area contributed by atoms with E-state index in [-0.39, 0.29) is 18.1 Å². The number of carbonyl (C=O) groups excluding carboxylic acids is 1. The van der Waals surface area contributed by atoms with Gasteiger partial charge in [0, 0.05) is 24.6 Å². The Balaban J connectivity index is 1.67. The predicted octanol–water partition coefficient (Wildman–Crippen LogP) is 1.99. The van der Waals surface area contributed by atoms with Crippen LogP contribution in [-0.2, 0) is 9.53 Å². The maximum atomic E-state index is 12.3. The maximum absolute atomic E-state index is 12.3. The summed E-state index contributed by atoms with van der Waals surface area (Å²) in [5.74, 6) is 0.838. The van der Waals surface area contributed by atoms with E-state index < -0.39 is 0 Å². The molecule has 1 aromatic heterocycles. The van der Waals surface area contributed by atoms with Gasteiger partial charge < -0.3 is 9.64 Å². The standard InChI is InChI=1S/C14H20N2O2S/c1-10-14(17)16(6-4-11-5-7-18-9-11)13(15-10)12-3-2-8-19-12/h2-3,8,10-11,13,15H,4-7,9H2,1H3. The lowest BCUT2D eigenvalue weighted by molar-refractivity contribution is -0.130. The second-order valence-electron chi connectivity index (χ2n) is 5.36. The smallest absolute Gasteiger partial charge is 0.241 e. The highest BCUT2D eigenvalue weighted by molar-refractivity contribution is 7.10. The van der Waals surface area contributed by atoms with Crippen LogP contribution in [0.3, 0.4) is 0 Å². The molecule has 0 saturated carbocycles. The number of hydrogen-bond acceptors (Lipinski definition) is 4. The fraction of sp³-hybridized carbons (Fsp3) is 0.643. The van der Waals surface area contributed by atoms with Crippen LogP contribution in [0.4, 0.5) is 0 Å². The Morgan fingerprint density at radius 3 is 3.16 bits per heavy atom. The molecule has 1 aromatic rings. The zero-order valence-corrected chi connectivity index (χ0v) is 12.0. The summed E-state index contributed by atoms with van der Waals surface area (Å²) in [6.07, 6.45) is 2.24. The first-order valence-electron chi connectivity index (χ1n) is 6.93. The van der Waals surface area contributed by atoms with Gasteiger partial charge in [-0.25, -0.2) is 0 Å². The Morgan fingerprint density at radius 1 is 1.58 bits per heavy atom. The Bertz CT molecular complexity index is 429. The molecule has 0 radical (unpaired) electrons. The first kappa shape index (κ1) is 13.1. The van der Waals surface area contributed by atoms with E-state index in [0.29, 0.717) is 5.92 Å². The third-order valence-corrected chi connectivity index (χ3v) is 4.91. The topological polar surface area (TPSA) is 41.6 Å². The molecule has 0 bridgehead atoms. The van der Waals surface area contributed by atoms with Crippen molar-refractivity contribution in [2.45, 2.75) is 32.0 Å². The van der Waals surface area contributed by atoms with Gasteiger partial charge in [-0.05, 0) is 37.1 Å². The number of carbonyl (C=O) groups is 1. The lowest BCUT2D eigenvalue weighted by Gasteiger charge is -2.24. The molecular formula is C14H20N2O2S.